The molecule has 0 aliphatic carbocycles. The number of carbonyl (C=O) groups is 1. The second-order valence-corrected chi connectivity index (χ2v) is 9.31. The maximum atomic E-state index is 12.6. The standard InChI is InChI=1S/C22H28N2O5S/c1-4-5-17-7-9-18(10-8-17)28-13-12-23-22(25)21-15-24(30(3,26)27)19-14-16(2)6-11-20(19)29-21/h6-11,14,21H,4-5,12-13,15H2,1-3H3,(H,23,25)/t21-/m1/s1. The number of nitrogens with one attached hydrogen (secondary N) is 1. The number of fused-ring (bicyclic) bond motifs is 1. The van der Waals surface area contributed by atoms with E-state index < -0.39 is 16.1 Å². The topological polar surface area (TPSA) is 84.9 Å². The maximum absolute atomic E-state index is 12.6. The van der Waals surface area contributed by atoms with Gasteiger partial charge in [0.25, 0.3) is 5.91 Å². The lowest BCUT2D eigenvalue weighted by Gasteiger charge is -2.34. The van der Waals surface area contributed by atoms with E-state index in [0.29, 0.717) is 18.0 Å². The summed E-state index contributed by atoms with van der Waals surface area (Å²) in [6, 6.07) is 13.1. The maximum Gasteiger partial charge on any atom is 0.263 e. The van der Waals surface area contributed by atoms with Crippen LogP contribution in [0.1, 0.15) is 24.5 Å². The lowest BCUT2D eigenvalue weighted by molar-refractivity contribution is -0.127. The molecule has 7 nitrogen and oxygen atoms in total. The minimum absolute atomic E-state index is 0.0686. The van der Waals surface area contributed by atoms with Crippen molar-refractivity contribution in [1.29, 1.82) is 0 Å². The Balaban J connectivity index is 1.56. The third-order valence-electron chi connectivity index (χ3n) is 4.81. The van der Waals surface area contributed by atoms with Gasteiger partial charge in [0, 0.05) is 0 Å². The van der Waals surface area contributed by atoms with Crippen molar-refractivity contribution in [2.75, 3.05) is 30.3 Å². The van der Waals surface area contributed by atoms with Crippen molar-refractivity contribution in [2.24, 2.45) is 0 Å². The van der Waals surface area contributed by atoms with Crippen molar-refractivity contribution in [3.05, 3.63) is 53.6 Å². The van der Waals surface area contributed by atoms with Crippen LogP contribution in [0.25, 0.3) is 0 Å². The normalized spacial score (nSPS) is 15.8. The Morgan fingerprint density at radius 2 is 1.97 bits per heavy atom. The van der Waals surface area contributed by atoms with Gasteiger partial charge in [-0.3, -0.25) is 9.10 Å². The summed E-state index contributed by atoms with van der Waals surface area (Å²) in [5, 5.41) is 2.76. The molecule has 2 aromatic rings. The fraction of sp³-hybridized carbons (Fsp3) is 0.409. The van der Waals surface area contributed by atoms with Crippen molar-refractivity contribution in [2.45, 2.75) is 32.8 Å². The first-order valence-corrected chi connectivity index (χ1v) is 11.9. The van der Waals surface area contributed by atoms with Gasteiger partial charge in [-0.2, -0.15) is 0 Å². The minimum Gasteiger partial charge on any atom is -0.492 e. The molecule has 162 valence electrons. The molecule has 0 saturated carbocycles. The van der Waals surface area contributed by atoms with Crippen molar-refractivity contribution < 1.29 is 22.7 Å². The van der Waals surface area contributed by atoms with Crippen molar-refractivity contribution >= 4 is 21.6 Å². The zero-order valence-electron chi connectivity index (χ0n) is 17.6. The van der Waals surface area contributed by atoms with Gasteiger partial charge in [-0.15, -0.1) is 0 Å². The summed E-state index contributed by atoms with van der Waals surface area (Å²) in [4.78, 5) is 12.6. The number of ether oxygens (including phenoxy) is 2. The fourth-order valence-electron chi connectivity index (χ4n) is 3.31. The van der Waals surface area contributed by atoms with E-state index in [2.05, 4.69) is 12.2 Å². The second-order valence-electron chi connectivity index (χ2n) is 7.41. The average molecular weight is 433 g/mol. The van der Waals surface area contributed by atoms with E-state index in [9.17, 15) is 13.2 Å². The Morgan fingerprint density at radius 1 is 1.23 bits per heavy atom. The summed E-state index contributed by atoms with van der Waals surface area (Å²) in [7, 11) is -3.54. The van der Waals surface area contributed by atoms with E-state index >= 15 is 0 Å². The van der Waals surface area contributed by atoms with Gasteiger partial charge in [0.1, 0.15) is 18.1 Å². The van der Waals surface area contributed by atoms with E-state index in [1.54, 1.807) is 12.1 Å². The van der Waals surface area contributed by atoms with E-state index in [0.717, 1.165) is 30.4 Å². The van der Waals surface area contributed by atoms with Crippen LogP contribution in [-0.2, 0) is 21.2 Å². The zero-order chi connectivity index (χ0) is 21.7. The number of anilines is 1. The molecule has 1 amide bonds. The van der Waals surface area contributed by atoms with Crippen molar-refractivity contribution in [3.63, 3.8) is 0 Å². The molecule has 0 saturated heterocycles. The quantitative estimate of drug-likeness (QED) is 0.649. The molecule has 1 aliphatic rings. The number of nitrogens with zero attached hydrogens (tertiary/aromatic N) is 1. The van der Waals surface area contributed by atoms with E-state index in [-0.39, 0.29) is 19.0 Å². The Hall–Kier alpha value is -2.74. The van der Waals surface area contributed by atoms with Crippen molar-refractivity contribution in [1.82, 2.24) is 5.32 Å². The molecule has 3 rings (SSSR count). The lowest BCUT2D eigenvalue weighted by atomic mass is 10.1. The molecule has 1 heterocycles. The van der Waals surface area contributed by atoms with Gasteiger partial charge >= 0.3 is 0 Å². The Labute approximate surface area is 178 Å². The predicted molar refractivity (Wildman–Crippen MR) is 117 cm³/mol. The SMILES string of the molecule is CCCc1ccc(OCCNC(=O)[C@H]2CN(S(C)(=O)=O)c3cc(C)ccc3O2)cc1. The molecule has 1 atom stereocenters. The average Bonchev–Trinajstić information content (AvgIpc) is 2.71. The molecule has 8 heteroatoms. The molecule has 2 aromatic carbocycles. The smallest absolute Gasteiger partial charge is 0.263 e. The van der Waals surface area contributed by atoms with Crippen LogP contribution in [0.15, 0.2) is 42.5 Å². The van der Waals surface area contributed by atoms with Gasteiger partial charge in [0.15, 0.2) is 6.10 Å². The first kappa shape index (κ1) is 22.0. The first-order valence-electron chi connectivity index (χ1n) is 10.0. The van der Waals surface area contributed by atoms with E-state index in [1.807, 2.05) is 37.3 Å². The molecule has 0 unspecified atom stereocenters. The lowest BCUT2D eigenvalue weighted by Crippen LogP contribution is -2.51. The number of hydrogen-bond acceptors (Lipinski definition) is 5. The van der Waals surface area contributed by atoms with Gasteiger partial charge in [-0.25, -0.2) is 8.42 Å². The summed E-state index contributed by atoms with van der Waals surface area (Å²) in [6.07, 6.45) is 2.32. The third kappa shape index (κ3) is 5.44. The van der Waals surface area contributed by atoms with Crippen LogP contribution >= 0.6 is 0 Å². The number of aryl methyl sites for hydroxylation is 2. The van der Waals surface area contributed by atoms with Crippen LogP contribution in [0.3, 0.4) is 0 Å². The van der Waals surface area contributed by atoms with Crippen LogP contribution in [-0.4, -0.2) is 46.4 Å². The number of hydrogen-bond donors (Lipinski definition) is 1. The van der Waals surface area contributed by atoms with Gasteiger partial charge in [0.2, 0.25) is 10.0 Å². The van der Waals surface area contributed by atoms with Crippen LogP contribution in [0.2, 0.25) is 0 Å². The summed E-state index contributed by atoms with van der Waals surface area (Å²) >= 11 is 0. The Bertz CT molecular complexity index is 989. The number of amides is 1. The highest BCUT2D eigenvalue weighted by Crippen LogP contribution is 2.35. The number of rotatable bonds is 8. The highest BCUT2D eigenvalue weighted by Gasteiger charge is 2.34. The summed E-state index contributed by atoms with van der Waals surface area (Å²) in [5.41, 5.74) is 2.63. The number of sulfonamides is 1. The Morgan fingerprint density at radius 3 is 2.63 bits per heavy atom. The van der Waals surface area contributed by atoms with Gasteiger partial charge < -0.3 is 14.8 Å². The predicted octanol–water partition coefficient (Wildman–Crippen LogP) is 2.67. The second kappa shape index (κ2) is 9.38. The van der Waals surface area contributed by atoms with E-state index in [4.69, 9.17) is 9.47 Å². The van der Waals surface area contributed by atoms with E-state index in [1.165, 1.54) is 9.87 Å². The zero-order valence-corrected chi connectivity index (χ0v) is 18.4. The minimum atomic E-state index is -3.54. The van der Waals surface area contributed by atoms with Gasteiger partial charge in [-0.1, -0.05) is 31.5 Å². The van der Waals surface area contributed by atoms with Gasteiger partial charge in [0.05, 0.1) is 25.0 Å². The van der Waals surface area contributed by atoms with Crippen molar-refractivity contribution in [3.8, 4) is 11.5 Å². The third-order valence-corrected chi connectivity index (χ3v) is 5.96. The molecule has 1 aliphatic heterocycles. The molecular formula is C22H28N2O5S. The van der Waals surface area contributed by atoms with Gasteiger partial charge in [-0.05, 0) is 48.7 Å². The van der Waals surface area contributed by atoms with Crippen LogP contribution in [0, 0.1) is 6.92 Å². The molecule has 0 fully saturated rings. The molecular weight excluding hydrogens is 404 g/mol. The number of benzene rings is 2. The van der Waals surface area contributed by atoms with Crippen LogP contribution < -0.4 is 19.1 Å². The monoisotopic (exact) mass is 432 g/mol. The van der Waals surface area contributed by atoms with Crippen LogP contribution in [0.5, 0.6) is 11.5 Å². The summed E-state index contributed by atoms with van der Waals surface area (Å²) < 4.78 is 37.1. The molecule has 0 spiro atoms. The summed E-state index contributed by atoms with van der Waals surface area (Å²) in [5.74, 6) is 0.739. The summed E-state index contributed by atoms with van der Waals surface area (Å²) in [6.45, 7) is 4.53. The van der Waals surface area contributed by atoms with Crippen LogP contribution in [0.4, 0.5) is 5.69 Å². The molecule has 0 bridgehead atoms. The highest BCUT2D eigenvalue weighted by molar-refractivity contribution is 7.92. The largest absolute Gasteiger partial charge is 0.492 e. The molecule has 30 heavy (non-hydrogen) atoms. The Kier molecular flexibility index (Phi) is 6.87. The highest BCUT2D eigenvalue weighted by atomic mass is 32.2. The molecule has 0 aromatic heterocycles. The molecule has 1 N–H and O–H groups in total. The first-order chi connectivity index (χ1) is 14.3. The number of carbonyl (C=O) groups excluding carboxylic acids is 1. The molecule has 0 radical (unpaired) electrons. The fourth-order valence-corrected chi connectivity index (χ4v) is 4.22.